The molecule has 1 N–H and O–H groups in total. The highest BCUT2D eigenvalue weighted by atomic mass is 16.6. The first kappa shape index (κ1) is 11.6. The van der Waals surface area contributed by atoms with E-state index in [1.165, 1.54) is 7.11 Å². The average molecular weight is 188 g/mol. The van der Waals surface area contributed by atoms with Crippen molar-refractivity contribution in [2.45, 2.75) is 12.5 Å². The third-order valence-corrected chi connectivity index (χ3v) is 1.35. The normalized spacial score (nSPS) is 17.8. The van der Waals surface area contributed by atoms with E-state index in [9.17, 15) is 4.79 Å². The molecule has 0 amide bonds. The first-order valence-electron chi connectivity index (χ1n) is 3.61. The minimum atomic E-state index is -0.337. The van der Waals surface area contributed by atoms with Gasteiger partial charge in [-0.05, 0) is 0 Å². The Balaban J connectivity index is 0.000000424. The molecule has 1 unspecified atom stereocenters. The zero-order chi connectivity index (χ0) is 10.3. The third-order valence-electron chi connectivity index (χ3n) is 1.35. The Morgan fingerprint density at radius 1 is 1.85 bits per heavy atom. The Labute approximate surface area is 75.9 Å². The third kappa shape index (κ3) is 5.86. The van der Waals surface area contributed by atoms with Crippen LogP contribution in [0.1, 0.15) is 6.42 Å². The van der Waals surface area contributed by atoms with Crippen molar-refractivity contribution in [1.82, 2.24) is 0 Å². The van der Waals surface area contributed by atoms with Gasteiger partial charge in [-0.15, -0.1) is 0 Å². The fourth-order valence-corrected chi connectivity index (χ4v) is 0.688. The highest BCUT2D eigenvalue weighted by Gasteiger charge is 2.25. The largest absolute Gasteiger partial charge is 0.483 e. The summed E-state index contributed by atoms with van der Waals surface area (Å²) in [5.74, 6) is -0.337. The van der Waals surface area contributed by atoms with Crippen LogP contribution in [-0.4, -0.2) is 37.4 Å². The minimum Gasteiger partial charge on any atom is -0.483 e. The van der Waals surface area contributed by atoms with Crippen LogP contribution in [0.5, 0.6) is 0 Å². The molecule has 0 bridgehead atoms. The van der Waals surface area contributed by atoms with Gasteiger partial charge < -0.3 is 14.6 Å². The summed E-state index contributed by atoms with van der Waals surface area (Å²) in [4.78, 5) is 19.1. The van der Waals surface area contributed by atoms with Gasteiger partial charge in [0.25, 0.3) is 6.47 Å². The van der Waals surface area contributed by atoms with Crippen molar-refractivity contribution in [3.8, 4) is 0 Å². The van der Waals surface area contributed by atoms with Crippen molar-refractivity contribution in [3.63, 3.8) is 0 Å². The van der Waals surface area contributed by atoms with Crippen LogP contribution < -0.4 is 0 Å². The van der Waals surface area contributed by atoms with E-state index in [4.69, 9.17) is 14.6 Å². The fraction of sp³-hybridized carbons (Fsp3) is 0.500. The SMILES string of the molecule is C=C(CC1CO1)C(=O)OC.O=CO. The molecule has 5 heteroatoms. The van der Waals surface area contributed by atoms with Crippen molar-refractivity contribution in [2.24, 2.45) is 0 Å². The van der Waals surface area contributed by atoms with Gasteiger partial charge >= 0.3 is 5.97 Å². The number of carbonyl (C=O) groups excluding carboxylic acids is 1. The van der Waals surface area contributed by atoms with Crippen LogP contribution in [0.25, 0.3) is 0 Å². The van der Waals surface area contributed by atoms with E-state index < -0.39 is 0 Å². The van der Waals surface area contributed by atoms with E-state index in [1.54, 1.807) is 0 Å². The molecule has 1 saturated heterocycles. The lowest BCUT2D eigenvalue weighted by molar-refractivity contribution is -0.136. The number of carbonyl (C=O) groups is 2. The molecule has 1 rings (SSSR count). The molecule has 1 aliphatic rings. The maximum Gasteiger partial charge on any atom is 0.333 e. The van der Waals surface area contributed by atoms with Crippen LogP contribution in [-0.2, 0) is 19.1 Å². The lowest BCUT2D eigenvalue weighted by atomic mass is 10.2. The second-order valence-corrected chi connectivity index (χ2v) is 2.36. The Hall–Kier alpha value is -1.36. The summed E-state index contributed by atoms with van der Waals surface area (Å²) in [6.45, 7) is 4.05. The summed E-state index contributed by atoms with van der Waals surface area (Å²) >= 11 is 0. The van der Waals surface area contributed by atoms with Gasteiger partial charge in [-0.2, -0.15) is 0 Å². The zero-order valence-electron chi connectivity index (χ0n) is 7.36. The molecule has 1 atom stereocenters. The van der Waals surface area contributed by atoms with E-state index >= 15 is 0 Å². The van der Waals surface area contributed by atoms with Gasteiger partial charge in [-0.3, -0.25) is 4.79 Å². The molecule has 0 aromatic carbocycles. The molecular formula is C8H12O5. The van der Waals surface area contributed by atoms with Crippen molar-refractivity contribution >= 4 is 12.4 Å². The average Bonchev–Trinajstić information content (AvgIpc) is 2.88. The van der Waals surface area contributed by atoms with Crippen molar-refractivity contribution in [3.05, 3.63) is 12.2 Å². The smallest absolute Gasteiger partial charge is 0.333 e. The number of rotatable bonds is 3. The number of carboxylic acid groups (broad SMARTS) is 1. The van der Waals surface area contributed by atoms with Crippen LogP contribution in [0.3, 0.4) is 0 Å². The van der Waals surface area contributed by atoms with E-state index in [0.29, 0.717) is 12.0 Å². The molecule has 0 spiro atoms. The van der Waals surface area contributed by atoms with Gasteiger partial charge in [0.2, 0.25) is 0 Å². The van der Waals surface area contributed by atoms with Gasteiger partial charge in [0, 0.05) is 12.0 Å². The van der Waals surface area contributed by atoms with Crippen molar-refractivity contribution in [2.75, 3.05) is 13.7 Å². The molecule has 0 saturated carbocycles. The number of esters is 1. The lowest BCUT2D eigenvalue weighted by Gasteiger charge is -1.98. The van der Waals surface area contributed by atoms with E-state index in [0.717, 1.165) is 6.61 Å². The zero-order valence-corrected chi connectivity index (χ0v) is 7.36. The molecule has 0 aromatic rings. The van der Waals surface area contributed by atoms with Gasteiger partial charge in [0.05, 0.1) is 19.8 Å². The number of methoxy groups -OCH3 is 1. The highest BCUT2D eigenvalue weighted by molar-refractivity contribution is 5.87. The number of hydrogen-bond acceptors (Lipinski definition) is 4. The second kappa shape index (κ2) is 6.19. The Kier molecular flexibility index (Phi) is 5.54. The fourth-order valence-electron chi connectivity index (χ4n) is 0.688. The summed E-state index contributed by atoms with van der Waals surface area (Å²) in [5, 5.41) is 6.89. The summed E-state index contributed by atoms with van der Waals surface area (Å²) in [6.07, 6.45) is 0.818. The second-order valence-electron chi connectivity index (χ2n) is 2.36. The summed E-state index contributed by atoms with van der Waals surface area (Å²) < 4.78 is 9.35. The minimum absolute atomic E-state index is 0.214. The standard InChI is InChI=1S/C7H10O3.CH2O2/c1-5(7(8)9-2)3-6-4-10-6;2-1-3/h6H,1,3-4H2,2H3;1H,(H,2,3). The molecule has 1 fully saturated rings. The topological polar surface area (TPSA) is 76.1 Å². The van der Waals surface area contributed by atoms with E-state index in [2.05, 4.69) is 11.3 Å². The van der Waals surface area contributed by atoms with Crippen LogP contribution in [0.2, 0.25) is 0 Å². The maximum atomic E-state index is 10.7. The van der Waals surface area contributed by atoms with E-state index in [1.807, 2.05) is 0 Å². The van der Waals surface area contributed by atoms with Crippen molar-refractivity contribution in [1.29, 1.82) is 0 Å². The molecule has 74 valence electrons. The monoisotopic (exact) mass is 188 g/mol. The molecule has 0 aliphatic carbocycles. The molecule has 1 aliphatic heterocycles. The molecule has 5 nitrogen and oxygen atoms in total. The van der Waals surface area contributed by atoms with Crippen LogP contribution in [0.4, 0.5) is 0 Å². The quantitative estimate of drug-likeness (QED) is 0.296. The molecular weight excluding hydrogens is 176 g/mol. The summed E-state index contributed by atoms with van der Waals surface area (Å²) in [5.41, 5.74) is 0.491. The first-order chi connectivity index (χ1) is 6.15. The maximum absolute atomic E-state index is 10.7. The predicted molar refractivity (Wildman–Crippen MR) is 44.2 cm³/mol. The van der Waals surface area contributed by atoms with Crippen molar-refractivity contribution < 1.29 is 24.2 Å². The lowest BCUT2D eigenvalue weighted by Crippen LogP contribution is -2.05. The number of epoxide rings is 1. The van der Waals surface area contributed by atoms with Crippen LogP contribution >= 0.6 is 0 Å². The Morgan fingerprint density at radius 3 is 2.62 bits per heavy atom. The van der Waals surface area contributed by atoms with Gasteiger partial charge in [-0.25, -0.2) is 4.79 Å². The molecule has 13 heavy (non-hydrogen) atoms. The predicted octanol–water partition coefficient (Wildman–Crippen LogP) is 0.205. The van der Waals surface area contributed by atoms with Crippen LogP contribution in [0.15, 0.2) is 12.2 Å². The van der Waals surface area contributed by atoms with E-state index in [-0.39, 0.29) is 18.5 Å². The van der Waals surface area contributed by atoms with Gasteiger partial charge in [-0.1, -0.05) is 6.58 Å². The molecule has 0 radical (unpaired) electrons. The molecule has 1 heterocycles. The Morgan fingerprint density at radius 2 is 2.31 bits per heavy atom. The highest BCUT2D eigenvalue weighted by Crippen LogP contribution is 2.18. The Bertz CT molecular complexity index is 195. The number of hydrogen-bond donors (Lipinski definition) is 1. The van der Waals surface area contributed by atoms with Gasteiger partial charge in [0.15, 0.2) is 0 Å². The summed E-state index contributed by atoms with van der Waals surface area (Å²) in [6, 6.07) is 0. The van der Waals surface area contributed by atoms with Crippen LogP contribution in [0, 0.1) is 0 Å². The molecule has 0 aromatic heterocycles. The number of ether oxygens (including phenoxy) is 2. The summed E-state index contributed by atoms with van der Waals surface area (Å²) in [7, 11) is 1.35. The first-order valence-corrected chi connectivity index (χ1v) is 3.61. The van der Waals surface area contributed by atoms with Gasteiger partial charge in [0.1, 0.15) is 0 Å².